The number of carboxylic acids is 1. The summed E-state index contributed by atoms with van der Waals surface area (Å²) in [7, 11) is 0. The van der Waals surface area contributed by atoms with E-state index in [0.717, 1.165) is 11.1 Å². The highest BCUT2D eigenvalue weighted by atomic mass is 32.1. The molecule has 1 heterocycles. The third-order valence-electron chi connectivity index (χ3n) is 3.73. The second kappa shape index (κ2) is 6.80. The fourth-order valence-electron chi connectivity index (χ4n) is 2.58. The largest absolute Gasteiger partial charge is 0.501 e. The third kappa shape index (κ3) is 3.44. The molecule has 3 rings (SSSR count). The number of fused-ring (bicyclic) bond motifs is 1. The third-order valence-corrected chi connectivity index (χ3v) is 4.01. The number of oxazole rings is 1. The number of para-hydroxylation sites is 1. The first-order valence-electron chi connectivity index (χ1n) is 7.41. The molecule has 1 unspecified atom stereocenters. The molecule has 0 radical (unpaired) electrons. The molecule has 2 aromatic carbocycles. The van der Waals surface area contributed by atoms with Crippen LogP contribution >= 0.6 is 12.2 Å². The van der Waals surface area contributed by atoms with E-state index in [1.807, 2.05) is 42.5 Å². The van der Waals surface area contributed by atoms with E-state index in [-0.39, 0.29) is 12.3 Å². The fraction of sp³-hybridized carbons (Fsp3) is 0.167. The van der Waals surface area contributed by atoms with Crippen molar-refractivity contribution in [2.24, 2.45) is 0 Å². The van der Waals surface area contributed by atoms with Crippen molar-refractivity contribution in [3.63, 3.8) is 0 Å². The quantitative estimate of drug-likeness (QED) is 0.662. The number of benzene rings is 2. The van der Waals surface area contributed by atoms with Gasteiger partial charge in [0.05, 0.1) is 6.42 Å². The fourth-order valence-corrected chi connectivity index (χ4v) is 2.77. The van der Waals surface area contributed by atoms with Crippen molar-refractivity contribution >= 4 is 34.3 Å². The first-order chi connectivity index (χ1) is 11.5. The number of hydrogen-bond donors (Lipinski definition) is 2. The molecule has 2 N–H and O–H groups in total. The van der Waals surface area contributed by atoms with Crippen molar-refractivity contribution in [2.75, 3.05) is 0 Å². The molecule has 0 bridgehead atoms. The Kier molecular flexibility index (Phi) is 4.57. The summed E-state index contributed by atoms with van der Waals surface area (Å²) in [6, 6.07) is 15.5. The number of aliphatic carboxylic acids is 1. The van der Waals surface area contributed by atoms with Gasteiger partial charge >= 0.3 is 5.97 Å². The van der Waals surface area contributed by atoms with Crippen molar-refractivity contribution in [3.8, 4) is 0 Å². The zero-order valence-electron chi connectivity index (χ0n) is 12.7. The number of carbonyl (C=O) groups is 1. The van der Waals surface area contributed by atoms with E-state index in [0.29, 0.717) is 17.5 Å². The number of aromatic nitrogens is 1. The van der Waals surface area contributed by atoms with Gasteiger partial charge in [-0.2, -0.15) is 0 Å². The van der Waals surface area contributed by atoms with Gasteiger partial charge in [-0.05, 0) is 23.8 Å². The second-order valence-corrected chi connectivity index (χ2v) is 5.89. The zero-order valence-corrected chi connectivity index (χ0v) is 13.5. The Morgan fingerprint density at radius 2 is 1.88 bits per heavy atom. The molecule has 0 amide bonds. The van der Waals surface area contributed by atoms with Crippen molar-refractivity contribution in [2.45, 2.75) is 18.8 Å². The predicted molar refractivity (Wildman–Crippen MR) is 93.5 cm³/mol. The molecule has 0 saturated heterocycles. The van der Waals surface area contributed by atoms with Crippen LogP contribution in [0.4, 0.5) is 0 Å². The Balaban J connectivity index is 2.00. The summed E-state index contributed by atoms with van der Waals surface area (Å²) in [5.41, 5.74) is 3.27. The first-order valence-corrected chi connectivity index (χ1v) is 7.82. The monoisotopic (exact) mass is 341 g/mol. The number of rotatable bonds is 6. The number of aliphatic hydroxyl groups excluding tert-OH is 1. The van der Waals surface area contributed by atoms with Crippen LogP contribution in [0.15, 0.2) is 52.9 Å². The summed E-state index contributed by atoms with van der Waals surface area (Å²) in [5, 5.41) is 18.2. The predicted octanol–water partition coefficient (Wildman–Crippen LogP) is 3.86. The molecule has 0 fully saturated rings. The summed E-state index contributed by atoms with van der Waals surface area (Å²) in [4.78, 5) is 15.3. The van der Waals surface area contributed by atoms with E-state index in [4.69, 9.17) is 21.7 Å². The van der Waals surface area contributed by atoms with E-state index in [2.05, 4.69) is 4.98 Å². The van der Waals surface area contributed by atoms with Gasteiger partial charge in [-0.15, -0.1) is 0 Å². The molecular weight excluding hydrogens is 326 g/mol. The lowest BCUT2D eigenvalue weighted by molar-refractivity contribution is -0.137. The number of nitrogens with zero attached hydrogens (tertiary/aromatic N) is 1. The van der Waals surface area contributed by atoms with Gasteiger partial charge in [-0.3, -0.25) is 4.79 Å². The van der Waals surface area contributed by atoms with Crippen LogP contribution in [0.1, 0.15) is 29.4 Å². The number of aliphatic hydroxyl groups is 1. The average Bonchev–Trinajstić information content (AvgIpc) is 2.98. The lowest BCUT2D eigenvalue weighted by Crippen LogP contribution is -2.14. The molecule has 6 heteroatoms. The van der Waals surface area contributed by atoms with Crippen LogP contribution in [0.25, 0.3) is 11.1 Å². The number of carboxylic acid groups (broad SMARTS) is 1. The first kappa shape index (κ1) is 16.1. The van der Waals surface area contributed by atoms with Crippen LogP contribution < -0.4 is 0 Å². The van der Waals surface area contributed by atoms with Gasteiger partial charge in [0.25, 0.3) is 0 Å². The Hall–Kier alpha value is -2.73. The Morgan fingerprint density at radius 3 is 2.54 bits per heavy atom. The van der Waals surface area contributed by atoms with Crippen LogP contribution in [-0.4, -0.2) is 26.2 Å². The summed E-state index contributed by atoms with van der Waals surface area (Å²) < 4.78 is 5.77. The van der Waals surface area contributed by atoms with Crippen LogP contribution in [-0.2, 0) is 11.2 Å². The maximum atomic E-state index is 11.0. The normalized spacial score (nSPS) is 12.2. The van der Waals surface area contributed by atoms with Gasteiger partial charge in [0.15, 0.2) is 10.6 Å². The highest BCUT2D eigenvalue weighted by Crippen LogP contribution is 2.28. The van der Waals surface area contributed by atoms with Crippen molar-refractivity contribution < 1.29 is 19.4 Å². The minimum atomic E-state index is -1.08. The zero-order chi connectivity index (χ0) is 17.1. The maximum absolute atomic E-state index is 11.0. The Morgan fingerprint density at radius 1 is 1.12 bits per heavy atom. The van der Waals surface area contributed by atoms with Crippen LogP contribution in [0, 0.1) is 0 Å². The summed E-state index contributed by atoms with van der Waals surface area (Å²) in [6.45, 7) is 0. The lowest BCUT2D eigenvalue weighted by atomic mass is 10.0. The van der Waals surface area contributed by atoms with E-state index in [9.17, 15) is 9.90 Å². The van der Waals surface area contributed by atoms with Gasteiger partial charge in [0.2, 0.25) is 5.89 Å². The topological polar surface area (TPSA) is 83.6 Å². The smallest absolute Gasteiger partial charge is 0.304 e. The van der Waals surface area contributed by atoms with E-state index < -0.39 is 16.9 Å². The van der Waals surface area contributed by atoms with Crippen molar-refractivity contribution in [1.82, 2.24) is 4.98 Å². The Bertz CT molecular complexity index is 888. The second-order valence-electron chi connectivity index (χ2n) is 5.47. The maximum Gasteiger partial charge on any atom is 0.304 e. The molecule has 5 nitrogen and oxygen atoms in total. The highest BCUT2D eigenvalue weighted by molar-refractivity contribution is 7.80. The molecule has 24 heavy (non-hydrogen) atoms. The van der Waals surface area contributed by atoms with Gasteiger partial charge in [0.1, 0.15) is 11.4 Å². The minimum Gasteiger partial charge on any atom is -0.501 e. The van der Waals surface area contributed by atoms with Crippen molar-refractivity contribution in [3.05, 3.63) is 65.5 Å². The minimum absolute atomic E-state index is 0.125. The Labute approximate surface area is 143 Å². The molecule has 0 saturated carbocycles. The summed E-state index contributed by atoms with van der Waals surface area (Å²) in [6.07, 6.45) is 0.302. The van der Waals surface area contributed by atoms with Gasteiger partial charge in [-0.1, -0.05) is 42.5 Å². The van der Waals surface area contributed by atoms with Crippen molar-refractivity contribution in [1.29, 1.82) is 0 Å². The molecule has 1 aromatic heterocycles. The molecule has 3 aromatic rings. The lowest BCUT2D eigenvalue weighted by Gasteiger charge is -2.07. The molecule has 122 valence electrons. The van der Waals surface area contributed by atoms with Crippen LogP contribution in [0.2, 0.25) is 0 Å². The van der Waals surface area contributed by atoms with E-state index in [1.54, 1.807) is 6.07 Å². The SMILES string of the molecule is O=C(O)CC(C(O)=S)c1nc2cccc(Cc3ccccc3)c2o1. The van der Waals surface area contributed by atoms with Gasteiger partial charge in [-0.25, -0.2) is 4.98 Å². The van der Waals surface area contributed by atoms with Crippen LogP contribution in [0.5, 0.6) is 0 Å². The summed E-state index contributed by atoms with van der Waals surface area (Å²) >= 11 is 4.75. The molecule has 1 atom stereocenters. The van der Waals surface area contributed by atoms with Gasteiger partial charge < -0.3 is 14.6 Å². The van der Waals surface area contributed by atoms with Crippen LogP contribution in [0.3, 0.4) is 0 Å². The molecule has 0 aliphatic rings. The molecular formula is C18H15NO4S. The molecule has 0 aliphatic carbocycles. The average molecular weight is 341 g/mol. The number of thiocarbonyl (C=S) groups is 1. The molecule has 0 aliphatic heterocycles. The molecule has 0 spiro atoms. The van der Waals surface area contributed by atoms with Gasteiger partial charge in [0, 0.05) is 12.0 Å². The van der Waals surface area contributed by atoms with E-state index in [1.165, 1.54) is 0 Å². The highest BCUT2D eigenvalue weighted by Gasteiger charge is 2.26. The van der Waals surface area contributed by atoms with E-state index >= 15 is 0 Å². The summed E-state index contributed by atoms with van der Waals surface area (Å²) in [5.74, 6) is -1.89. The number of hydrogen-bond acceptors (Lipinski definition) is 4. The standard InChI is InChI=1S/C18H15NO4S/c20-15(21)10-13(18(22)24)17-19-14-8-4-7-12(16(14)23-17)9-11-5-2-1-3-6-11/h1-8,13H,9-10H2,(H,20,21)(H,22,24).